The highest BCUT2D eigenvalue weighted by Gasteiger charge is 2.41. The molecule has 0 radical (unpaired) electrons. The van der Waals surface area contributed by atoms with Crippen LogP contribution in [0.2, 0.25) is 0 Å². The Morgan fingerprint density at radius 3 is 2.75 bits per heavy atom. The number of carbonyl (C=O) groups is 2. The maximum absolute atomic E-state index is 12.7. The molecule has 0 N–H and O–H groups in total. The van der Waals surface area contributed by atoms with Crippen molar-refractivity contribution in [2.75, 3.05) is 25.3 Å². The van der Waals surface area contributed by atoms with Gasteiger partial charge in [0.2, 0.25) is 12.7 Å². The lowest BCUT2D eigenvalue weighted by Crippen LogP contribution is -2.43. The van der Waals surface area contributed by atoms with Crippen molar-refractivity contribution < 1.29 is 19.1 Å². The molecule has 1 fully saturated rings. The van der Waals surface area contributed by atoms with Gasteiger partial charge in [0.1, 0.15) is 6.04 Å². The molecule has 1 aromatic carbocycles. The fraction of sp³-hybridized carbons (Fsp3) is 0.429. The number of hydrogen-bond acceptors (Lipinski definition) is 4. The Bertz CT molecular complexity index is 628. The standard InChI is InChI=1S/C14H14N2O4/c1-15-10-6-12-11(19-7-20-12)5-8(10)13(17)16-4-2-3-9(16)14(15)18/h5-6,9H,2-4,7H2,1H3. The highest BCUT2D eigenvalue weighted by Crippen LogP contribution is 2.41. The van der Waals surface area contributed by atoms with Crippen LogP contribution in [0.1, 0.15) is 23.2 Å². The molecule has 1 aromatic rings. The molecule has 0 bridgehead atoms. The van der Waals surface area contributed by atoms with Gasteiger partial charge in [-0.25, -0.2) is 0 Å². The van der Waals surface area contributed by atoms with E-state index in [0.717, 1.165) is 12.8 Å². The number of ether oxygens (including phenoxy) is 2. The molecular weight excluding hydrogens is 260 g/mol. The summed E-state index contributed by atoms with van der Waals surface area (Å²) >= 11 is 0. The molecule has 0 spiro atoms. The number of amides is 2. The summed E-state index contributed by atoms with van der Waals surface area (Å²) in [6.45, 7) is 0.785. The molecule has 3 aliphatic heterocycles. The molecule has 1 unspecified atom stereocenters. The van der Waals surface area contributed by atoms with Crippen molar-refractivity contribution in [1.82, 2.24) is 4.90 Å². The second kappa shape index (κ2) is 3.88. The third-order valence-electron chi connectivity index (χ3n) is 4.21. The summed E-state index contributed by atoms with van der Waals surface area (Å²) in [4.78, 5) is 28.4. The van der Waals surface area contributed by atoms with Gasteiger partial charge in [-0.3, -0.25) is 9.59 Å². The van der Waals surface area contributed by atoms with E-state index < -0.39 is 0 Å². The number of nitrogens with zero attached hydrogens (tertiary/aromatic N) is 2. The molecule has 1 atom stereocenters. The van der Waals surface area contributed by atoms with E-state index in [2.05, 4.69) is 0 Å². The lowest BCUT2D eigenvalue weighted by Gasteiger charge is -2.22. The Morgan fingerprint density at radius 2 is 1.95 bits per heavy atom. The van der Waals surface area contributed by atoms with Crippen molar-refractivity contribution in [3.8, 4) is 11.5 Å². The van der Waals surface area contributed by atoms with Gasteiger partial charge in [-0.05, 0) is 18.9 Å². The molecule has 0 aromatic heterocycles. The fourth-order valence-electron chi connectivity index (χ4n) is 3.14. The highest BCUT2D eigenvalue weighted by atomic mass is 16.7. The van der Waals surface area contributed by atoms with Gasteiger partial charge in [-0.15, -0.1) is 0 Å². The number of fused-ring (bicyclic) bond motifs is 3. The van der Waals surface area contributed by atoms with E-state index in [-0.39, 0.29) is 24.6 Å². The van der Waals surface area contributed by atoms with E-state index in [9.17, 15) is 9.59 Å². The van der Waals surface area contributed by atoms with Gasteiger partial charge >= 0.3 is 0 Å². The molecule has 4 rings (SSSR count). The van der Waals surface area contributed by atoms with E-state index in [4.69, 9.17) is 9.47 Å². The first kappa shape index (κ1) is 11.6. The maximum atomic E-state index is 12.7. The number of hydrogen-bond donors (Lipinski definition) is 0. The molecule has 3 heterocycles. The molecule has 2 amide bonds. The van der Waals surface area contributed by atoms with Gasteiger partial charge in [0.25, 0.3) is 5.91 Å². The third kappa shape index (κ3) is 1.39. The molecule has 20 heavy (non-hydrogen) atoms. The first-order chi connectivity index (χ1) is 9.66. The Morgan fingerprint density at radius 1 is 1.20 bits per heavy atom. The predicted molar refractivity (Wildman–Crippen MR) is 70.0 cm³/mol. The zero-order valence-corrected chi connectivity index (χ0v) is 11.1. The van der Waals surface area contributed by atoms with Crippen LogP contribution in [0.3, 0.4) is 0 Å². The largest absolute Gasteiger partial charge is 0.454 e. The van der Waals surface area contributed by atoms with Gasteiger partial charge in [0.15, 0.2) is 11.5 Å². The summed E-state index contributed by atoms with van der Waals surface area (Å²) < 4.78 is 10.7. The van der Waals surface area contributed by atoms with Crippen LogP contribution in [0, 0.1) is 0 Å². The Hall–Kier alpha value is -2.24. The Labute approximate surface area is 115 Å². The average molecular weight is 274 g/mol. The van der Waals surface area contributed by atoms with E-state index in [1.807, 2.05) is 0 Å². The van der Waals surface area contributed by atoms with Gasteiger partial charge in [-0.1, -0.05) is 0 Å². The second-order valence-electron chi connectivity index (χ2n) is 5.28. The van der Waals surface area contributed by atoms with Crippen LogP contribution in [0.4, 0.5) is 5.69 Å². The maximum Gasteiger partial charge on any atom is 0.256 e. The molecule has 0 saturated carbocycles. The number of likely N-dealkylation sites (N-methyl/N-ethyl adjacent to an activating group) is 1. The van der Waals surface area contributed by atoms with Crippen molar-refractivity contribution in [2.24, 2.45) is 0 Å². The average Bonchev–Trinajstić information content (AvgIpc) is 3.09. The summed E-state index contributed by atoms with van der Waals surface area (Å²) in [5, 5.41) is 0. The third-order valence-corrected chi connectivity index (χ3v) is 4.21. The first-order valence-corrected chi connectivity index (χ1v) is 6.69. The Balaban J connectivity index is 1.91. The van der Waals surface area contributed by atoms with Gasteiger partial charge in [0.05, 0.1) is 11.3 Å². The topological polar surface area (TPSA) is 59.1 Å². The van der Waals surface area contributed by atoms with Crippen LogP contribution in [0.5, 0.6) is 11.5 Å². The van der Waals surface area contributed by atoms with E-state index in [1.165, 1.54) is 0 Å². The van der Waals surface area contributed by atoms with Crippen LogP contribution in [0.25, 0.3) is 0 Å². The van der Waals surface area contributed by atoms with E-state index >= 15 is 0 Å². The quantitative estimate of drug-likeness (QED) is 0.708. The number of benzene rings is 1. The Kier molecular flexibility index (Phi) is 2.24. The summed E-state index contributed by atoms with van der Waals surface area (Å²) in [6.07, 6.45) is 1.60. The van der Waals surface area contributed by atoms with Crippen LogP contribution in [-0.4, -0.2) is 43.1 Å². The van der Waals surface area contributed by atoms with E-state index in [0.29, 0.717) is 29.3 Å². The van der Waals surface area contributed by atoms with Gasteiger partial charge in [0, 0.05) is 19.7 Å². The summed E-state index contributed by atoms with van der Waals surface area (Å²) in [5.41, 5.74) is 1.10. The second-order valence-corrected chi connectivity index (χ2v) is 5.28. The van der Waals surface area contributed by atoms with Gasteiger partial charge in [-0.2, -0.15) is 0 Å². The van der Waals surface area contributed by atoms with E-state index in [1.54, 1.807) is 29.0 Å². The molecule has 0 aliphatic carbocycles. The number of rotatable bonds is 0. The van der Waals surface area contributed by atoms with Crippen molar-refractivity contribution in [3.63, 3.8) is 0 Å². The molecule has 104 valence electrons. The number of carbonyl (C=O) groups excluding carboxylic acids is 2. The summed E-state index contributed by atoms with van der Waals surface area (Å²) in [7, 11) is 1.71. The smallest absolute Gasteiger partial charge is 0.256 e. The zero-order valence-electron chi connectivity index (χ0n) is 11.1. The SMILES string of the molecule is CN1C(=O)C2CCCN2C(=O)c2cc3c(cc21)OCO3. The molecule has 6 heteroatoms. The van der Waals surface area contributed by atoms with Crippen LogP contribution in [0.15, 0.2) is 12.1 Å². The van der Waals surface area contributed by atoms with Crippen LogP contribution < -0.4 is 14.4 Å². The van der Waals surface area contributed by atoms with Crippen molar-refractivity contribution in [3.05, 3.63) is 17.7 Å². The highest BCUT2D eigenvalue weighted by molar-refractivity contribution is 6.11. The molecular formula is C14H14N2O4. The lowest BCUT2D eigenvalue weighted by molar-refractivity contribution is -0.121. The molecule has 6 nitrogen and oxygen atoms in total. The zero-order chi connectivity index (χ0) is 13.9. The van der Waals surface area contributed by atoms with Gasteiger partial charge < -0.3 is 19.3 Å². The predicted octanol–water partition coefficient (Wildman–Crippen LogP) is 0.996. The van der Waals surface area contributed by atoms with Crippen molar-refractivity contribution in [2.45, 2.75) is 18.9 Å². The van der Waals surface area contributed by atoms with Crippen molar-refractivity contribution >= 4 is 17.5 Å². The minimum absolute atomic E-state index is 0.0338. The monoisotopic (exact) mass is 274 g/mol. The first-order valence-electron chi connectivity index (χ1n) is 6.69. The summed E-state index contributed by atoms with van der Waals surface area (Å²) in [5.74, 6) is 1.01. The lowest BCUT2D eigenvalue weighted by atomic mass is 10.1. The minimum Gasteiger partial charge on any atom is -0.454 e. The van der Waals surface area contributed by atoms with Crippen LogP contribution in [-0.2, 0) is 4.79 Å². The fourth-order valence-corrected chi connectivity index (χ4v) is 3.14. The van der Waals surface area contributed by atoms with Crippen LogP contribution >= 0.6 is 0 Å². The van der Waals surface area contributed by atoms with Crippen molar-refractivity contribution in [1.29, 1.82) is 0 Å². The molecule has 3 aliphatic rings. The molecule has 1 saturated heterocycles. The summed E-state index contributed by atoms with van der Waals surface area (Å²) in [6, 6.07) is 3.07. The minimum atomic E-state index is -0.337. The number of anilines is 1. The normalized spacial score (nSPS) is 23.8.